The van der Waals surface area contributed by atoms with Crippen molar-refractivity contribution in [2.24, 2.45) is 0 Å². The van der Waals surface area contributed by atoms with Crippen LogP contribution in [0.4, 0.5) is 4.39 Å². The van der Waals surface area contributed by atoms with Crippen LogP contribution in [0.25, 0.3) is 0 Å². The van der Waals surface area contributed by atoms with Gasteiger partial charge >= 0.3 is 0 Å². The third kappa shape index (κ3) is 3.15. The second-order valence-electron chi connectivity index (χ2n) is 5.18. The predicted molar refractivity (Wildman–Crippen MR) is 81.0 cm³/mol. The maximum atomic E-state index is 14.0. The van der Waals surface area contributed by atoms with Gasteiger partial charge in [-0.25, -0.2) is 4.39 Å². The number of nitrogens with one attached hydrogen (secondary N) is 1. The lowest BCUT2D eigenvalue weighted by atomic mass is 10.1. The highest BCUT2D eigenvalue weighted by atomic mass is 32.2. The van der Waals surface area contributed by atoms with Crippen molar-refractivity contribution in [1.29, 1.82) is 0 Å². The summed E-state index contributed by atoms with van der Waals surface area (Å²) in [6.45, 7) is 4.62. The van der Waals surface area contributed by atoms with E-state index in [4.69, 9.17) is 0 Å². The first kappa shape index (κ1) is 15.3. The third-order valence-corrected chi connectivity index (χ3v) is 4.79. The van der Waals surface area contributed by atoms with Crippen LogP contribution in [0, 0.1) is 5.82 Å². The molecule has 1 aromatic carbocycles. The van der Waals surface area contributed by atoms with Gasteiger partial charge in [-0.3, -0.25) is 10.1 Å². The molecule has 110 valence electrons. The number of carbonyl (C=O) groups excluding carboxylic acids is 1. The first-order valence-corrected chi connectivity index (χ1v) is 8.17. The zero-order valence-electron chi connectivity index (χ0n) is 12.1. The minimum Gasteiger partial charge on any atom is -0.321 e. The molecule has 0 saturated carbocycles. The molecule has 1 heterocycles. The Balaban J connectivity index is 2.18. The molecule has 1 amide bonds. The molecule has 0 bridgehead atoms. The Morgan fingerprint density at radius 1 is 1.45 bits per heavy atom. The molecule has 1 aliphatic heterocycles. The van der Waals surface area contributed by atoms with Gasteiger partial charge in [-0.2, -0.15) is 11.8 Å². The third-order valence-electron chi connectivity index (χ3n) is 3.75. The maximum Gasteiger partial charge on any atom is 0.241 e. The molecule has 3 unspecified atom stereocenters. The molecule has 2 rings (SSSR count). The topological polar surface area (TPSA) is 32.3 Å². The minimum atomic E-state index is -0.354. The summed E-state index contributed by atoms with van der Waals surface area (Å²) < 4.78 is 14.0. The lowest BCUT2D eigenvalue weighted by Gasteiger charge is -2.26. The molecule has 3 nitrogen and oxygen atoms in total. The molecule has 1 aromatic rings. The highest BCUT2D eigenvalue weighted by Gasteiger charge is 2.37. The summed E-state index contributed by atoms with van der Waals surface area (Å²) in [5.41, 5.74) is 0.544. The van der Waals surface area contributed by atoms with Gasteiger partial charge in [0.2, 0.25) is 5.91 Å². The zero-order valence-corrected chi connectivity index (χ0v) is 12.9. The summed E-state index contributed by atoms with van der Waals surface area (Å²) in [6, 6.07) is 6.38. The van der Waals surface area contributed by atoms with Gasteiger partial charge in [0.1, 0.15) is 12.0 Å². The lowest BCUT2D eigenvalue weighted by molar-refractivity contribution is -0.129. The van der Waals surface area contributed by atoms with Crippen molar-refractivity contribution in [1.82, 2.24) is 10.2 Å². The summed E-state index contributed by atoms with van der Waals surface area (Å²) in [5, 5.41) is 3.67. The summed E-state index contributed by atoms with van der Waals surface area (Å²) in [7, 11) is 0. The molecule has 0 aliphatic carbocycles. The van der Waals surface area contributed by atoms with Crippen molar-refractivity contribution in [3.05, 3.63) is 35.6 Å². The van der Waals surface area contributed by atoms with Gasteiger partial charge in [-0.05, 0) is 25.7 Å². The Labute approximate surface area is 123 Å². The largest absolute Gasteiger partial charge is 0.321 e. The van der Waals surface area contributed by atoms with E-state index in [2.05, 4.69) is 18.5 Å². The summed E-state index contributed by atoms with van der Waals surface area (Å²) in [6.07, 6.45) is 2.62. The Morgan fingerprint density at radius 2 is 2.15 bits per heavy atom. The van der Waals surface area contributed by atoms with E-state index in [1.54, 1.807) is 34.9 Å². The Morgan fingerprint density at radius 3 is 2.80 bits per heavy atom. The van der Waals surface area contributed by atoms with Crippen LogP contribution in [0.3, 0.4) is 0 Å². The zero-order chi connectivity index (χ0) is 14.7. The Bertz CT molecular complexity index is 483. The number of halogens is 1. The first-order chi connectivity index (χ1) is 9.54. The summed E-state index contributed by atoms with van der Waals surface area (Å²) in [5.74, 6) is -0.221. The summed E-state index contributed by atoms with van der Waals surface area (Å²) >= 11 is 1.78. The molecule has 3 atom stereocenters. The fourth-order valence-electron chi connectivity index (χ4n) is 2.41. The van der Waals surface area contributed by atoms with Crippen molar-refractivity contribution in [3.63, 3.8) is 0 Å². The van der Waals surface area contributed by atoms with Crippen molar-refractivity contribution in [2.45, 2.75) is 37.7 Å². The van der Waals surface area contributed by atoms with E-state index in [9.17, 15) is 9.18 Å². The van der Waals surface area contributed by atoms with Crippen LogP contribution in [0.1, 0.15) is 32.0 Å². The molecular weight excluding hydrogens is 275 g/mol. The average Bonchev–Trinajstić information content (AvgIpc) is 2.72. The number of hydrogen-bond acceptors (Lipinski definition) is 3. The number of nitrogens with zero attached hydrogens (tertiary/aromatic N) is 1. The average molecular weight is 296 g/mol. The van der Waals surface area contributed by atoms with E-state index in [0.29, 0.717) is 17.4 Å². The van der Waals surface area contributed by atoms with Gasteiger partial charge in [0, 0.05) is 17.4 Å². The SMILES string of the molecule is CSC(C)CCN1C(=O)C(C)NC1c1ccccc1F. The van der Waals surface area contributed by atoms with Crippen LogP contribution < -0.4 is 5.32 Å². The van der Waals surface area contributed by atoms with Gasteiger partial charge in [0.25, 0.3) is 0 Å². The standard InChI is InChI=1S/C15H21FN2OS/c1-10(20-3)8-9-18-14(17-11(2)15(18)19)12-6-4-5-7-13(12)16/h4-7,10-11,14,17H,8-9H2,1-3H3. The van der Waals surface area contributed by atoms with Gasteiger partial charge in [-0.15, -0.1) is 0 Å². The molecule has 1 N–H and O–H groups in total. The van der Waals surface area contributed by atoms with Crippen molar-refractivity contribution in [3.8, 4) is 0 Å². The molecule has 1 aliphatic rings. The normalized spacial score (nSPS) is 24.2. The fourth-order valence-corrected chi connectivity index (χ4v) is 2.75. The maximum absolute atomic E-state index is 14.0. The highest BCUT2D eigenvalue weighted by Crippen LogP contribution is 2.28. The van der Waals surface area contributed by atoms with Gasteiger partial charge < -0.3 is 4.90 Å². The smallest absolute Gasteiger partial charge is 0.241 e. The second-order valence-corrected chi connectivity index (χ2v) is 6.46. The molecule has 0 aromatic heterocycles. The monoisotopic (exact) mass is 296 g/mol. The fraction of sp³-hybridized carbons (Fsp3) is 0.533. The van der Waals surface area contributed by atoms with Crippen LogP contribution in [-0.2, 0) is 4.79 Å². The van der Waals surface area contributed by atoms with Gasteiger partial charge in [0.15, 0.2) is 0 Å². The number of amides is 1. The van der Waals surface area contributed by atoms with E-state index in [1.807, 2.05) is 6.92 Å². The van der Waals surface area contributed by atoms with E-state index in [-0.39, 0.29) is 23.9 Å². The number of thioether (sulfide) groups is 1. The van der Waals surface area contributed by atoms with Crippen molar-refractivity contribution < 1.29 is 9.18 Å². The van der Waals surface area contributed by atoms with Crippen LogP contribution in [0.5, 0.6) is 0 Å². The Hall–Kier alpha value is -1.07. The van der Waals surface area contributed by atoms with Crippen LogP contribution in [-0.4, -0.2) is 34.9 Å². The molecule has 0 spiro atoms. The molecule has 0 radical (unpaired) electrons. The molecular formula is C15H21FN2OS. The van der Waals surface area contributed by atoms with E-state index in [1.165, 1.54) is 6.07 Å². The number of benzene rings is 1. The molecule has 1 fully saturated rings. The van der Waals surface area contributed by atoms with Gasteiger partial charge in [-0.1, -0.05) is 25.1 Å². The van der Waals surface area contributed by atoms with Crippen molar-refractivity contribution >= 4 is 17.7 Å². The number of carbonyl (C=O) groups is 1. The van der Waals surface area contributed by atoms with Gasteiger partial charge in [0.05, 0.1) is 6.04 Å². The second kappa shape index (κ2) is 6.59. The van der Waals surface area contributed by atoms with Crippen molar-refractivity contribution in [2.75, 3.05) is 12.8 Å². The van der Waals surface area contributed by atoms with E-state index >= 15 is 0 Å². The molecule has 1 saturated heterocycles. The van der Waals surface area contributed by atoms with Crippen LogP contribution in [0.15, 0.2) is 24.3 Å². The number of hydrogen-bond donors (Lipinski definition) is 1. The first-order valence-electron chi connectivity index (χ1n) is 6.88. The number of rotatable bonds is 5. The predicted octanol–water partition coefficient (Wildman–Crippen LogP) is 2.79. The van der Waals surface area contributed by atoms with Crippen LogP contribution in [0.2, 0.25) is 0 Å². The molecule has 20 heavy (non-hydrogen) atoms. The molecule has 5 heteroatoms. The Kier molecular flexibility index (Phi) is 5.05. The minimum absolute atomic E-state index is 0.0477. The quantitative estimate of drug-likeness (QED) is 0.907. The highest BCUT2D eigenvalue weighted by molar-refractivity contribution is 7.99. The lowest BCUT2D eigenvalue weighted by Crippen LogP contribution is -2.33. The van der Waals surface area contributed by atoms with E-state index < -0.39 is 0 Å². The summed E-state index contributed by atoms with van der Waals surface area (Å²) in [4.78, 5) is 14.0. The van der Waals surface area contributed by atoms with Crippen LogP contribution >= 0.6 is 11.8 Å². The van der Waals surface area contributed by atoms with E-state index in [0.717, 1.165) is 6.42 Å².